The minimum Gasteiger partial charge on any atom is -0.356 e. The van der Waals surface area contributed by atoms with E-state index in [1.165, 1.54) is 5.56 Å². The van der Waals surface area contributed by atoms with Gasteiger partial charge in [-0.05, 0) is 30.7 Å². The molecule has 1 fully saturated rings. The predicted octanol–water partition coefficient (Wildman–Crippen LogP) is 2.47. The number of guanidine groups is 1. The molecule has 25 heavy (non-hydrogen) atoms. The third-order valence-corrected chi connectivity index (χ3v) is 5.67. The number of hydrogen-bond donors (Lipinski definition) is 2. The molecule has 1 amide bonds. The lowest BCUT2D eigenvalue weighted by Crippen LogP contribution is -2.43. The lowest BCUT2D eigenvalue weighted by atomic mass is 9.96. The summed E-state index contributed by atoms with van der Waals surface area (Å²) < 4.78 is 1.16. The summed E-state index contributed by atoms with van der Waals surface area (Å²) in [4.78, 5) is 17.8. The monoisotopic (exact) mass is 426 g/mol. The van der Waals surface area contributed by atoms with E-state index in [9.17, 15) is 4.79 Å². The number of halogens is 1. The number of nitrogens with one attached hydrogen (secondary N) is 2. The van der Waals surface area contributed by atoms with E-state index in [-0.39, 0.29) is 17.9 Å². The summed E-state index contributed by atoms with van der Waals surface area (Å²) in [5.74, 6) is 1.71. The standard InChI is InChI=1S/C18H27BrN4OS/c1-23(2)16(24)12-21-17(20-10-11-25-3)22-13-18(8-9-18)14-6-4-5-7-15(14)19/h4-7H,8-13H2,1-3H3,(H2,20,21,22). The van der Waals surface area contributed by atoms with Crippen LogP contribution in [0.4, 0.5) is 0 Å². The van der Waals surface area contributed by atoms with Gasteiger partial charge in [0.05, 0.1) is 0 Å². The first-order valence-corrected chi connectivity index (χ1v) is 10.6. The Hall–Kier alpha value is -1.21. The number of aliphatic imine (C=N–C) groups is 1. The van der Waals surface area contributed by atoms with Crippen molar-refractivity contribution >= 4 is 39.6 Å². The van der Waals surface area contributed by atoms with Crippen molar-refractivity contribution in [1.29, 1.82) is 0 Å². The summed E-state index contributed by atoms with van der Waals surface area (Å²) in [5, 5.41) is 6.76. The van der Waals surface area contributed by atoms with Crippen molar-refractivity contribution in [2.75, 3.05) is 45.7 Å². The van der Waals surface area contributed by atoms with Gasteiger partial charge in [-0.1, -0.05) is 34.1 Å². The van der Waals surface area contributed by atoms with E-state index >= 15 is 0 Å². The van der Waals surface area contributed by atoms with Crippen LogP contribution in [0.15, 0.2) is 33.7 Å². The second-order valence-electron chi connectivity index (χ2n) is 6.49. The number of nitrogens with zero attached hydrogens (tertiary/aromatic N) is 2. The lowest BCUT2D eigenvalue weighted by Gasteiger charge is -2.20. The molecule has 2 rings (SSSR count). The number of thioether (sulfide) groups is 1. The van der Waals surface area contributed by atoms with E-state index in [1.807, 2.05) is 6.07 Å². The molecule has 1 aromatic rings. The molecule has 0 bridgehead atoms. The van der Waals surface area contributed by atoms with E-state index in [4.69, 9.17) is 0 Å². The molecule has 1 aliphatic carbocycles. The van der Waals surface area contributed by atoms with Crippen molar-refractivity contribution in [3.05, 3.63) is 34.3 Å². The van der Waals surface area contributed by atoms with Crippen LogP contribution in [0.2, 0.25) is 0 Å². The van der Waals surface area contributed by atoms with Crippen LogP contribution in [0.5, 0.6) is 0 Å². The van der Waals surface area contributed by atoms with E-state index in [1.54, 1.807) is 30.8 Å². The summed E-state index contributed by atoms with van der Waals surface area (Å²) >= 11 is 5.45. The average Bonchev–Trinajstić information content (AvgIpc) is 3.38. The van der Waals surface area contributed by atoms with E-state index < -0.39 is 0 Å². The Morgan fingerprint density at radius 2 is 2.04 bits per heavy atom. The molecule has 0 radical (unpaired) electrons. The molecule has 0 unspecified atom stereocenters. The highest BCUT2D eigenvalue weighted by Crippen LogP contribution is 2.49. The fraction of sp³-hybridized carbons (Fsp3) is 0.556. The zero-order valence-corrected chi connectivity index (χ0v) is 17.5. The van der Waals surface area contributed by atoms with Gasteiger partial charge >= 0.3 is 0 Å². The number of carbonyl (C=O) groups excluding carboxylic acids is 1. The number of carbonyl (C=O) groups is 1. The smallest absolute Gasteiger partial charge is 0.243 e. The average molecular weight is 427 g/mol. The Balaban J connectivity index is 2.00. The highest BCUT2D eigenvalue weighted by molar-refractivity contribution is 9.10. The molecule has 0 spiro atoms. The summed E-state index contributed by atoms with van der Waals surface area (Å²) in [7, 11) is 3.50. The number of likely N-dealkylation sites (N-methyl/N-ethyl adjacent to an activating group) is 1. The normalized spacial score (nSPS) is 15.6. The molecule has 1 aromatic carbocycles. The van der Waals surface area contributed by atoms with Gasteiger partial charge in [-0.25, -0.2) is 4.99 Å². The fourth-order valence-electron chi connectivity index (χ4n) is 2.57. The number of rotatable bonds is 8. The van der Waals surface area contributed by atoms with Crippen LogP contribution < -0.4 is 10.6 Å². The van der Waals surface area contributed by atoms with Crippen LogP contribution >= 0.6 is 27.7 Å². The van der Waals surface area contributed by atoms with Crippen molar-refractivity contribution in [3.63, 3.8) is 0 Å². The second-order valence-corrected chi connectivity index (χ2v) is 8.33. The topological polar surface area (TPSA) is 56.7 Å². The Kier molecular flexibility index (Phi) is 7.62. The fourth-order valence-corrected chi connectivity index (χ4v) is 3.58. The van der Waals surface area contributed by atoms with Gasteiger partial charge < -0.3 is 15.5 Å². The van der Waals surface area contributed by atoms with Gasteiger partial charge in [0, 0.05) is 42.8 Å². The maximum atomic E-state index is 11.8. The molecule has 7 heteroatoms. The molecule has 2 N–H and O–H groups in total. The first-order valence-electron chi connectivity index (χ1n) is 8.45. The second kappa shape index (κ2) is 9.48. The Morgan fingerprint density at radius 3 is 2.64 bits per heavy atom. The molecule has 138 valence electrons. The van der Waals surface area contributed by atoms with Crippen LogP contribution in [-0.4, -0.2) is 62.5 Å². The largest absolute Gasteiger partial charge is 0.356 e. The molecule has 0 aromatic heterocycles. The van der Waals surface area contributed by atoms with Gasteiger partial charge in [0.2, 0.25) is 5.91 Å². The molecule has 1 saturated carbocycles. The van der Waals surface area contributed by atoms with Crippen LogP contribution in [0, 0.1) is 0 Å². The predicted molar refractivity (Wildman–Crippen MR) is 110 cm³/mol. The summed E-state index contributed by atoms with van der Waals surface area (Å²) in [5.41, 5.74) is 1.50. The van der Waals surface area contributed by atoms with Crippen molar-refractivity contribution in [3.8, 4) is 0 Å². The minimum absolute atomic E-state index is 0.00194. The SMILES string of the molecule is CSCCNC(=NCC(=O)N(C)C)NCC1(c2ccccc2Br)CC1. The third-order valence-electron chi connectivity index (χ3n) is 4.36. The van der Waals surface area contributed by atoms with Crippen molar-refractivity contribution in [1.82, 2.24) is 15.5 Å². The number of amides is 1. The van der Waals surface area contributed by atoms with Crippen molar-refractivity contribution < 1.29 is 4.79 Å². The first kappa shape index (κ1) is 20.1. The molecule has 0 atom stereocenters. The minimum atomic E-state index is -0.00194. The highest BCUT2D eigenvalue weighted by Gasteiger charge is 2.45. The van der Waals surface area contributed by atoms with Gasteiger partial charge in [0.1, 0.15) is 6.54 Å². The molecule has 0 aliphatic heterocycles. The zero-order valence-electron chi connectivity index (χ0n) is 15.1. The van der Waals surface area contributed by atoms with Crippen molar-refractivity contribution in [2.24, 2.45) is 4.99 Å². The Morgan fingerprint density at radius 1 is 1.32 bits per heavy atom. The van der Waals surface area contributed by atoms with Crippen LogP contribution in [0.3, 0.4) is 0 Å². The maximum absolute atomic E-state index is 11.8. The third kappa shape index (κ3) is 5.92. The Labute approximate surface area is 163 Å². The van der Waals surface area contributed by atoms with Gasteiger partial charge in [-0.2, -0.15) is 11.8 Å². The molecule has 5 nitrogen and oxygen atoms in total. The number of benzene rings is 1. The van der Waals surface area contributed by atoms with E-state index in [0.717, 1.165) is 36.2 Å². The summed E-state index contributed by atoms with van der Waals surface area (Å²) in [6.07, 6.45) is 4.41. The summed E-state index contributed by atoms with van der Waals surface area (Å²) in [6, 6.07) is 8.41. The molecular weight excluding hydrogens is 400 g/mol. The maximum Gasteiger partial charge on any atom is 0.243 e. The van der Waals surface area contributed by atoms with Crippen molar-refractivity contribution in [2.45, 2.75) is 18.3 Å². The Bertz CT molecular complexity index is 617. The summed E-state index contributed by atoms with van der Waals surface area (Å²) in [6.45, 7) is 1.80. The molecular formula is C18H27BrN4OS. The lowest BCUT2D eigenvalue weighted by molar-refractivity contribution is -0.127. The molecule has 0 saturated heterocycles. The van der Waals surface area contributed by atoms with Crippen LogP contribution in [0.25, 0.3) is 0 Å². The van der Waals surface area contributed by atoms with Crippen LogP contribution in [0.1, 0.15) is 18.4 Å². The van der Waals surface area contributed by atoms with E-state index in [0.29, 0.717) is 5.96 Å². The molecule has 1 aliphatic rings. The van der Waals surface area contributed by atoms with Crippen LogP contribution in [-0.2, 0) is 10.2 Å². The van der Waals surface area contributed by atoms with Gasteiger partial charge in [-0.3, -0.25) is 4.79 Å². The van der Waals surface area contributed by atoms with Gasteiger partial charge in [0.15, 0.2) is 5.96 Å². The van der Waals surface area contributed by atoms with E-state index in [2.05, 4.69) is 56.0 Å². The zero-order chi connectivity index (χ0) is 18.3. The molecule has 0 heterocycles. The van der Waals surface area contributed by atoms with Gasteiger partial charge in [-0.15, -0.1) is 0 Å². The number of hydrogen-bond acceptors (Lipinski definition) is 3. The highest BCUT2D eigenvalue weighted by atomic mass is 79.9. The van der Waals surface area contributed by atoms with Gasteiger partial charge in [0.25, 0.3) is 0 Å². The quantitative estimate of drug-likeness (QED) is 0.380. The first-order chi connectivity index (χ1) is 12.0.